The maximum Gasteiger partial charge on any atom is 0.128 e. The van der Waals surface area contributed by atoms with Crippen LogP contribution in [0.2, 0.25) is 0 Å². The van der Waals surface area contributed by atoms with Crippen LogP contribution in [-0.2, 0) is 6.54 Å². The molecule has 0 spiro atoms. The van der Waals surface area contributed by atoms with Crippen molar-refractivity contribution in [3.8, 4) is 0 Å². The van der Waals surface area contributed by atoms with Gasteiger partial charge in [0.15, 0.2) is 0 Å². The van der Waals surface area contributed by atoms with E-state index in [1.165, 1.54) is 24.9 Å². The van der Waals surface area contributed by atoms with Gasteiger partial charge in [0.2, 0.25) is 0 Å². The topological polar surface area (TPSA) is 28.2 Å². The van der Waals surface area contributed by atoms with Crippen LogP contribution in [0.5, 0.6) is 0 Å². The first-order valence-electron chi connectivity index (χ1n) is 6.18. The Balaban J connectivity index is 1.99. The van der Waals surface area contributed by atoms with E-state index in [2.05, 4.69) is 34.3 Å². The third-order valence-corrected chi connectivity index (χ3v) is 3.07. The van der Waals surface area contributed by atoms with Crippen LogP contribution in [-0.4, -0.2) is 25.1 Å². The number of hydrogen-bond donors (Lipinski definition) is 1. The van der Waals surface area contributed by atoms with Gasteiger partial charge in [-0.2, -0.15) is 0 Å². The first-order chi connectivity index (χ1) is 7.83. The molecule has 1 saturated carbocycles. The van der Waals surface area contributed by atoms with Gasteiger partial charge in [-0.1, -0.05) is 6.07 Å². The summed E-state index contributed by atoms with van der Waals surface area (Å²) in [7, 11) is 1.96. The molecule has 1 aromatic rings. The molecular weight excluding hydrogens is 198 g/mol. The Bertz CT molecular complexity index is 316. The molecule has 1 aromatic heterocycles. The fraction of sp³-hybridized carbons (Fsp3) is 0.615. The first-order valence-corrected chi connectivity index (χ1v) is 6.18. The molecule has 1 aliphatic carbocycles. The van der Waals surface area contributed by atoms with Gasteiger partial charge in [0.05, 0.1) is 0 Å². The molecule has 1 N–H and O–H groups in total. The van der Waals surface area contributed by atoms with E-state index in [0.29, 0.717) is 0 Å². The van der Waals surface area contributed by atoms with E-state index >= 15 is 0 Å². The second-order valence-corrected chi connectivity index (χ2v) is 4.54. The van der Waals surface area contributed by atoms with Crippen LogP contribution >= 0.6 is 0 Å². The Labute approximate surface area is 97.9 Å². The van der Waals surface area contributed by atoms with Gasteiger partial charge in [0, 0.05) is 25.8 Å². The van der Waals surface area contributed by atoms with E-state index in [9.17, 15) is 0 Å². The highest BCUT2D eigenvalue weighted by atomic mass is 15.2. The Morgan fingerprint density at radius 1 is 1.44 bits per heavy atom. The van der Waals surface area contributed by atoms with Crippen molar-refractivity contribution in [1.82, 2.24) is 10.3 Å². The van der Waals surface area contributed by atoms with Gasteiger partial charge >= 0.3 is 0 Å². The van der Waals surface area contributed by atoms with Gasteiger partial charge in [-0.25, -0.2) is 4.98 Å². The minimum Gasteiger partial charge on any atom is -0.357 e. The van der Waals surface area contributed by atoms with E-state index in [1.54, 1.807) is 0 Å². The zero-order valence-electron chi connectivity index (χ0n) is 10.2. The molecule has 0 saturated heterocycles. The molecule has 0 unspecified atom stereocenters. The third kappa shape index (κ3) is 2.95. The minimum atomic E-state index is 0.891. The van der Waals surface area contributed by atoms with Gasteiger partial charge in [0.25, 0.3) is 0 Å². The molecule has 1 heterocycles. The quantitative estimate of drug-likeness (QED) is 0.793. The second kappa shape index (κ2) is 5.30. The molecule has 88 valence electrons. The fourth-order valence-electron chi connectivity index (χ4n) is 1.91. The predicted octanol–water partition coefficient (Wildman–Crippen LogP) is 2.04. The highest BCUT2D eigenvalue weighted by Crippen LogP contribution is 2.30. The zero-order valence-corrected chi connectivity index (χ0v) is 10.2. The van der Waals surface area contributed by atoms with Crippen molar-refractivity contribution in [1.29, 1.82) is 0 Å². The smallest absolute Gasteiger partial charge is 0.128 e. The summed E-state index contributed by atoms with van der Waals surface area (Å²) in [5, 5.41) is 3.14. The van der Waals surface area contributed by atoms with Crippen LogP contribution in [0.15, 0.2) is 18.3 Å². The molecule has 0 amide bonds. The summed E-state index contributed by atoms with van der Waals surface area (Å²) in [6.45, 7) is 5.32. The summed E-state index contributed by atoms with van der Waals surface area (Å²) in [6.07, 6.45) is 4.77. The highest BCUT2D eigenvalue weighted by Gasteiger charge is 2.24. The van der Waals surface area contributed by atoms with Gasteiger partial charge < -0.3 is 10.2 Å². The Morgan fingerprint density at radius 3 is 2.75 bits per heavy atom. The zero-order chi connectivity index (χ0) is 11.4. The van der Waals surface area contributed by atoms with Crippen LogP contribution in [0.1, 0.15) is 25.3 Å². The first kappa shape index (κ1) is 11.4. The van der Waals surface area contributed by atoms with Gasteiger partial charge in [-0.3, -0.25) is 0 Å². The molecule has 2 rings (SSSR count). The Kier molecular flexibility index (Phi) is 3.78. The van der Waals surface area contributed by atoms with Crippen LogP contribution in [0.25, 0.3) is 0 Å². The SMILES string of the molecule is CCN(CC1CC1)c1ccc(CNC)cn1. The fourth-order valence-corrected chi connectivity index (χ4v) is 1.91. The molecule has 0 aliphatic heterocycles. The number of rotatable bonds is 6. The van der Waals surface area contributed by atoms with Crippen LogP contribution < -0.4 is 10.2 Å². The highest BCUT2D eigenvalue weighted by molar-refractivity contribution is 5.39. The Morgan fingerprint density at radius 2 is 2.25 bits per heavy atom. The largest absolute Gasteiger partial charge is 0.357 e. The lowest BCUT2D eigenvalue weighted by Gasteiger charge is -2.21. The number of nitrogens with zero attached hydrogens (tertiary/aromatic N) is 2. The van der Waals surface area contributed by atoms with E-state index in [1.807, 2.05) is 13.2 Å². The van der Waals surface area contributed by atoms with E-state index < -0.39 is 0 Å². The van der Waals surface area contributed by atoms with E-state index in [4.69, 9.17) is 0 Å². The molecule has 16 heavy (non-hydrogen) atoms. The van der Waals surface area contributed by atoms with E-state index in [0.717, 1.165) is 24.8 Å². The molecule has 0 bridgehead atoms. The summed E-state index contributed by atoms with van der Waals surface area (Å²) in [4.78, 5) is 6.91. The molecule has 0 radical (unpaired) electrons. The molecule has 3 heteroatoms. The van der Waals surface area contributed by atoms with Crippen molar-refractivity contribution < 1.29 is 0 Å². The number of anilines is 1. The van der Waals surface area contributed by atoms with Crippen molar-refractivity contribution >= 4 is 5.82 Å². The van der Waals surface area contributed by atoms with Crippen LogP contribution in [0.4, 0.5) is 5.82 Å². The molecule has 0 atom stereocenters. The number of aromatic nitrogens is 1. The molecule has 3 nitrogen and oxygen atoms in total. The van der Waals surface area contributed by atoms with E-state index in [-0.39, 0.29) is 0 Å². The summed E-state index contributed by atoms with van der Waals surface area (Å²) < 4.78 is 0. The van der Waals surface area contributed by atoms with Crippen molar-refractivity contribution in [2.75, 3.05) is 25.0 Å². The lowest BCUT2D eigenvalue weighted by molar-refractivity contribution is 0.730. The predicted molar refractivity (Wildman–Crippen MR) is 67.6 cm³/mol. The monoisotopic (exact) mass is 219 g/mol. The average Bonchev–Trinajstić information content (AvgIpc) is 3.11. The number of hydrogen-bond acceptors (Lipinski definition) is 3. The van der Waals surface area contributed by atoms with Crippen LogP contribution in [0.3, 0.4) is 0 Å². The third-order valence-electron chi connectivity index (χ3n) is 3.07. The molecule has 1 aliphatic rings. The van der Waals surface area contributed by atoms with Crippen molar-refractivity contribution in [2.45, 2.75) is 26.3 Å². The second-order valence-electron chi connectivity index (χ2n) is 4.54. The maximum atomic E-state index is 4.54. The van der Waals surface area contributed by atoms with Crippen molar-refractivity contribution in [3.05, 3.63) is 23.9 Å². The summed E-state index contributed by atoms with van der Waals surface area (Å²) >= 11 is 0. The minimum absolute atomic E-state index is 0.891. The summed E-state index contributed by atoms with van der Waals surface area (Å²) in [5.41, 5.74) is 1.24. The van der Waals surface area contributed by atoms with Crippen LogP contribution in [0, 0.1) is 5.92 Å². The summed E-state index contributed by atoms with van der Waals surface area (Å²) in [6, 6.07) is 4.30. The summed E-state index contributed by atoms with van der Waals surface area (Å²) in [5.74, 6) is 2.04. The maximum absolute atomic E-state index is 4.54. The molecular formula is C13H21N3. The lowest BCUT2D eigenvalue weighted by Crippen LogP contribution is -2.26. The number of pyridine rings is 1. The standard InChI is InChI=1S/C13H21N3/c1-3-16(10-11-4-5-11)13-7-6-12(8-14-2)9-15-13/h6-7,9,11,14H,3-5,8,10H2,1-2H3. The molecule has 1 fully saturated rings. The van der Waals surface area contributed by atoms with Gasteiger partial charge in [-0.05, 0) is 44.4 Å². The van der Waals surface area contributed by atoms with Crippen molar-refractivity contribution in [2.24, 2.45) is 5.92 Å². The molecule has 0 aromatic carbocycles. The van der Waals surface area contributed by atoms with Gasteiger partial charge in [-0.15, -0.1) is 0 Å². The average molecular weight is 219 g/mol. The Hall–Kier alpha value is -1.09. The lowest BCUT2D eigenvalue weighted by atomic mass is 10.2. The van der Waals surface area contributed by atoms with Gasteiger partial charge in [0.1, 0.15) is 5.82 Å². The number of nitrogens with one attached hydrogen (secondary N) is 1. The van der Waals surface area contributed by atoms with Crippen molar-refractivity contribution in [3.63, 3.8) is 0 Å². The normalized spacial score (nSPS) is 15.1.